The van der Waals surface area contributed by atoms with Crippen LogP contribution in [-0.2, 0) is 0 Å². The highest BCUT2D eigenvalue weighted by Gasteiger charge is 2.13. The number of aromatic carboxylic acids is 1. The largest absolute Gasteiger partial charge is 0.476 e. The lowest BCUT2D eigenvalue weighted by Crippen LogP contribution is -2.02. The molecule has 5 heteroatoms. The third kappa shape index (κ3) is 1.49. The van der Waals surface area contributed by atoms with Crippen molar-refractivity contribution in [2.75, 3.05) is 0 Å². The Labute approximate surface area is 83.9 Å². The van der Waals surface area contributed by atoms with Crippen LogP contribution in [-0.4, -0.2) is 21.0 Å². The van der Waals surface area contributed by atoms with E-state index in [2.05, 4.69) is 9.97 Å². The number of aromatic nitrogens is 2. The molecule has 2 rings (SSSR count). The number of hydrogen-bond acceptors (Lipinski definition) is 4. The van der Waals surface area contributed by atoms with E-state index in [1.165, 1.54) is 17.5 Å². The zero-order valence-electron chi connectivity index (χ0n) is 7.04. The molecule has 1 N–H and O–H groups in total. The molecule has 4 nitrogen and oxygen atoms in total. The zero-order valence-corrected chi connectivity index (χ0v) is 7.86. The van der Waals surface area contributed by atoms with E-state index in [-0.39, 0.29) is 5.69 Å². The summed E-state index contributed by atoms with van der Waals surface area (Å²) >= 11 is 1.42. The third-order valence-corrected chi connectivity index (χ3v) is 2.31. The molecule has 0 aliphatic carbocycles. The molecule has 2 heterocycles. The van der Waals surface area contributed by atoms with Crippen LogP contribution in [0.1, 0.15) is 10.5 Å². The molecule has 70 valence electrons. The van der Waals surface area contributed by atoms with Gasteiger partial charge in [-0.25, -0.2) is 14.8 Å². The molecule has 2 aromatic heterocycles. The Kier molecular flexibility index (Phi) is 2.24. The molecule has 2 aromatic rings. The second-order valence-corrected chi connectivity index (χ2v) is 3.30. The predicted octanol–water partition coefficient (Wildman–Crippen LogP) is 1.90. The summed E-state index contributed by atoms with van der Waals surface area (Å²) in [4.78, 5) is 18.7. The first-order chi connectivity index (χ1) is 6.79. The predicted molar refractivity (Wildman–Crippen MR) is 52.3 cm³/mol. The standard InChI is InChI=1S/C9H6N2O2S/c12-9(13)8-6(2-1-3-10-8)7-4-14-5-11-7/h1-5H,(H,12,13). The van der Waals surface area contributed by atoms with Crippen molar-refractivity contribution in [3.8, 4) is 11.3 Å². The Bertz CT molecular complexity index is 454. The van der Waals surface area contributed by atoms with Gasteiger partial charge in [0.05, 0.1) is 11.2 Å². The second-order valence-electron chi connectivity index (χ2n) is 2.58. The van der Waals surface area contributed by atoms with E-state index in [9.17, 15) is 4.79 Å². The molecule has 0 aliphatic heterocycles. The maximum atomic E-state index is 10.8. The molecule has 0 saturated carbocycles. The minimum atomic E-state index is -1.03. The van der Waals surface area contributed by atoms with Crippen molar-refractivity contribution in [3.05, 3.63) is 34.9 Å². The maximum Gasteiger partial charge on any atom is 0.355 e. The van der Waals surface area contributed by atoms with Crippen molar-refractivity contribution in [1.29, 1.82) is 0 Å². The van der Waals surface area contributed by atoms with Gasteiger partial charge in [-0.2, -0.15) is 0 Å². The number of carboxylic acid groups (broad SMARTS) is 1. The van der Waals surface area contributed by atoms with Crippen molar-refractivity contribution < 1.29 is 9.90 Å². The van der Waals surface area contributed by atoms with Crippen LogP contribution in [0.4, 0.5) is 0 Å². The molecule has 0 atom stereocenters. The van der Waals surface area contributed by atoms with E-state index in [1.54, 1.807) is 23.0 Å². The lowest BCUT2D eigenvalue weighted by molar-refractivity contribution is 0.0691. The number of thiazole rings is 1. The third-order valence-electron chi connectivity index (χ3n) is 1.72. The van der Waals surface area contributed by atoms with Gasteiger partial charge in [-0.05, 0) is 12.1 Å². The Hall–Kier alpha value is -1.75. The van der Waals surface area contributed by atoms with E-state index in [0.29, 0.717) is 11.3 Å². The summed E-state index contributed by atoms with van der Waals surface area (Å²) in [5.74, 6) is -1.03. The van der Waals surface area contributed by atoms with Crippen LogP contribution in [0.15, 0.2) is 29.2 Å². The van der Waals surface area contributed by atoms with Crippen LogP contribution in [0.2, 0.25) is 0 Å². The number of rotatable bonds is 2. The van der Waals surface area contributed by atoms with E-state index in [4.69, 9.17) is 5.11 Å². The minimum Gasteiger partial charge on any atom is -0.476 e. The van der Waals surface area contributed by atoms with Crippen molar-refractivity contribution >= 4 is 17.3 Å². The van der Waals surface area contributed by atoms with E-state index >= 15 is 0 Å². The number of nitrogens with zero attached hydrogens (tertiary/aromatic N) is 2. The van der Waals surface area contributed by atoms with Gasteiger partial charge in [-0.15, -0.1) is 11.3 Å². The SMILES string of the molecule is O=C(O)c1ncccc1-c1cscn1. The summed E-state index contributed by atoms with van der Waals surface area (Å²) in [6, 6.07) is 3.40. The van der Waals surface area contributed by atoms with Crippen LogP contribution in [0, 0.1) is 0 Å². The molecule has 0 aromatic carbocycles. The molecule has 0 amide bonds. The lowest BCUT2D eigenvalue weighted by atomic mass is 10.1. The van der Waals surface area contributed by atoms with Gasteiger partial charge in [0.15, 0.2) is 5.69 Å². The summed E-state index contributed by atoms with van der Waals surface area (Å²) in [5.41, 5.74) is 2.91. The quantitative estimate of drug-likeness (QED) is 0.815. The fourth-order valence-corrected chi connectivity index (χ4v) is 1.68. The fourth-order valence-electron chi connectivity index (χ4n) is 1.13. The van der Waals surface area contributed by atoms with Crippen LogP contribution in [0.5, 0.6) is 0 Å². The molecule has 14 heavy (non-hydrogen) atoms. The first kappa shape index (κ1) is 8.83. The summed E-state index contributed by atoms with van der Waals surface area (Å²) in [6.45, 7) is 0. The molecule has 0 radical (unpaired) electrons. The summed E-state index contributed by atoms with van der Waals surface area (Å²) in [5, 5.41) is 10.7. The molecule has 0 spiro atoms. The van der Waals surface area contributed by atoms with Gasteiger partial charge in [0.2, 0.25) is 0 Å². The molecule has 0 saturated heterocycles. The molecule has 0 unspecified atom stereocenters. The van der Waals surface area contributed by atoms with Gasteiger partial charge in [0.25, 0.3) is 0 Å². The van der Waals surface area contributed by atoms with Gasteiger partial charge in [-0.1, -0.05) is 0 Å². The monoisotopic (exact) mass is 206 g/mol. The van der Waals surface area contributed by atoms with Gasteiger partial charge in [-0.3, -0.25) is 0 Å². The van der Waals surface area contributed by atoms with Crippen molar-refractivity contribution in [1.82, 2.24) is 9.97 Å². The van der Waals surface area contributed by atoms with Crippen LogP contribution < -0.4 is 0 Å². The van der Waals surface area contributed by atoms with Crippen molar-refractivity contribution in [3.63, 3.8) is 0 Å². The smallest absolute Gasteiger partial charge is 0.355 e. The number of carbonyl (C=O) groups is 1. The van der Waals surface area contributed by atoms with Gasteiger partial charge >= 0.3 is 5.97 Å². The molecule has 0 aliphatic rings. The Balaban J connectivity index is 2.58. The summed E-state index contributed by atoms with van der Waals surface area (Å²) < 4.78 is 0. The number of hydrogen-bond donors (Lipinski definition) is 1. The summed E-state index contributed by atoms with van der Waals surface area (Å²) in [6.07, 6.45) is 1.46. The normalized spacial score (nSPS) is 10.0. The molecule has 0 bridgehead atoms. The fraction of sp³-hybridized carbons (Fsp3) is 0. The highest BCUT2D eigenvalue weighted by Crippen LogP contribution is 2.21. The number of pyridine rings is 1. The van der Waals surface area contributed by atoms with Gasteiger partial charge < -0.3 is 5.11 Å². The second kappa shape index (κ2) is 3.55. The van der Waals surface area contributed by atoms with Crippen LogP contribution in [0.25, 0.3) is 11.3 Å². The van der Waals surface area contributed by atoms with Crippen molar-refractivity contribution in [2.45, 2.75) is 0 Å². The zero-order chi connectivity index (χ0) is 9.97. The molecule has 0 fully saturated rings. The Morgan fingerprint density at radius 1 is 1.43 bits per heavy atom. The van der Waals surface area contributed by atoms with E-state index in [0.717, 1.165) is 0 Å². The average molecular weight is 206 g/mol. The van der Waals surface area contributed by atoms with Crippen LogP contribution >= 0.6 is 11.3 Å². The molecular formula is C9H6N2O2S. The van der Waals surface area contributed by atoms with Gasteiger partial charge in [0.1, 0.15) is 0 Å². The topological polar surface area (TPSA) is 63.1 Å². The highest BCUT2D eigenvalue weighted by molar-refractivity contribution is 7.07. The number of carboxylic acids is 1. The summed E-state index contributed by atoms with van der Waals surface area (Å²) in [7, 11) is 0. The van der Waals surface area contributed by atoms with E-state index in [1.807, 2.05) is 0 Å². The minimum absolute atomic E-state index is 0.0402. The van der Waals surface area contributed by atoms with Crippen LogP contribution in [0.3, 0.4) is 0 Å². The Morgan fingerprint density at radius 3 is 2.93 bits per heavy atom. The first-order valence-corrected chi connectivity index (χ1v) is 4.80. The first-order valence-electron chi connectivity index (χ1n) is 3.86. The van der Waals surface area contributed by atoms with Crippen molar-refractivity contribution in [2.24, 2.45) is 0 Å². The Morgan fingerprint density at radius 2 is 2.29 bits per heavy atom. The van der Waals surface area contributed by atoms with Gasteiger partial charge in [0, 0.05) is 17.1 Å². The van der Waals surface area contributed by atoms with E-state index < -0.39 is 5.97 Å². The average Bonchev–Trinajstić information content (AvgIpc) is 2.70. The lowest BCUT2D eigenvalue weighted by Gasteiger charge is -2.00. The highest BCUT2D eigenvalue weighted by atomic mass is 32.1. The maximum absolute atomic E-state index is 10.8. The molecular weight excluding hydrogens is 200 g/mol.